The maximum atomic E-state index is 12.2. The zero-order valence-corrected chi connectivity index (χ0v) is 15.8. The number of fused-ring (bicyclic) bond motifs is 1. The minimum Gasteiger partial charge on any atom is -0.496 e. The summed E-state index contributed by atoms with van der Waals surface area (Å²) in [6.45, 7) is 3.51. The molecule has 1 aliphatic heterocycles. The molecule has 0 bridgehead atoms. The molecule has 2 aromatic carbocycles. The Morgan fingerprint density at radius 2 is 2.04 bits per heavy atom. The number of hydrogen-bond donors (Lipinski definition) is 1. The Hall–Kier alpha value is -2.53. The van der Waals surface area contributed by atoms with Gasteiger partial charge in [0.1, 0.15) is 18.1 Å². The first-order valence-electron chi connectivity index (χ1n) is 8.84. The van der Waals surface area contributed by atoms with Gasteiger partial charge in [0.15, 0.2) is 0 Å². The SMILES string of the molecule is COc1cc2c(cc1C)C(c1cccc(OCCN(C)C)c1)CC(=O)N2. The number of ether oxygens (including phenoxy) is 2. The Bertz CT molecular complexity index is 802. The van der Waals surface area contributed by atoms with E-state index in [2.05, 4.69) is 22.3 Å². The standard InChI is InChI=1S/C21H26N2O3/c1-14-10-18-17(12-21(24)22-19(18)13-20(14)25-4)15-6-5-7-16(11-15)26-9-8-23(2)3/h5-7,10-11,13,17H,8-9,12H2,1-4H3,(H,22,24). The number of benzene rings is 2. The van der Waals surface area contributed by atoms with Crippen molar-refractivity contribution in [3.63, 3.8) is 0 Å². The van der Waals surface area contributed by atoms with Gasteiger partial charge in [-0.15, -0.1) is 0 Å². The maximum absolute atomic E-state index is 12.2. The fourth-order valence-electron chi connectivity index (χ4n) is 3.29. The maximum Gasteiger partial charge on any atom is 0.225 e. The lowest BCUT2D eigenvalue weighted by Crippen LogP contribution is -2.24. The molecule has 1 N–H and O–H groups in total. The second kappa shape index (κ2) is 7.79. The van der Waals surface area contributed by atoms with E-state index in [1.807, 2.05) is 45.3 Å². The number of anilines is 1. The number of hydrogen-bond acceptors (Lipinski definition) is 4. The van der Waals surface area contributed by atoms with Gasteiger partial charge in [0.2, 0.25) is 5.91 Å². The van der Waals surface area contributed by atoms with Crippen molar-refractivity contribution in [1.82, 2.24) is 4.90 Å². The van der Waals surface area contributed by atoms with Crippen molar-refractivity contribution in [2.24, 2.45) is 0 Å². The molecule has 1 heterocycles. The predicted octanol–water partition coefficient (Wildman–Crippen LogP) is 3.42. The first kappa shape index (κ1) is 18.3. The average molecular weight is 354 g/mol. The highest BCUT2D eigenvalue weighted by molar-refractivity contribution is 5.95. The van der Waals surface area contributed by atoms with Gasteiger partial charge in [-0.05, 0) is 55.9 Å². The van der Waals surface area contributed by atoms with Crippen LogP contribution >= 0.6 is 0 Å². The lowest BCUT2D eigenvalue weighted by Gasteiger charge is -2.27. The summed E-state index contributed by atoms with van der Waals surface area (Å²) >= 11 is 0. The molecule has 0 saturated carbocycles. The molecule has 2 aromatic rings. The molecule has 0 fully saturated rings. The van der Waals surface area contributed by atoms with Crippen LogP contribution in [0, 0.1) is 6.92 Å². The minimum atomic E-state index is 0.0146. The van der Waals surface area contributed by atoms with Crippen LogP contribution in [-0.4, -0.2) is 45.2 Å². The summed E-state index contributed by atoms with van der Waals surface area (Å²) < 4.78 is 11.3. The average Bonchev–Trinajstić information content (AvgIpc) is 2.61. The number of likely N-dealkylation sites (N-methyl/N-ethyl adjacent to an activating group) is 1. The largest absolute Gasteiger partial charge is 0.496 e. The van der Waals surface area contributed by atoms with E-state index in [9.17, 15) is 4.79 Å². The fourth-order valence-corrected chi connectivity index (χ4v) is 3.29. The number of amides is 1. The van der Waals surface area contributed by atoms with E-state index in [4.69, 9.17) is 9.47 Å². The number of nitrogens with one attached hydrogen (secondary N) is 1. The van der Waals surface area contributed by atoms with Crippen molar-refractivity contribution in [3.8, 4) is 11.5 Å². The molecule has 1 amide bonds. The van der Waals surface area contributed by atoms with Crippen LogP contribution in [0.15, 0.2) is 36.4 Å². The van der Waals surface area contributed by atoms with E-state index in [1.54, 1.807) is 7.11 Å². The van der Waals surface area contributed by atoms with E-state index in [0.29, 0.717) is 13.0 Å². The number of carbonyl (C=O) groups excluding carboxylic acids is 1. The molecule has 0 spiro atoms. The normalized spacial score (nSPS) is 16.2. The molecular formula is C21H26N2O3. The summed E-state index contributed by atoms with van der Waals surface area (Å²) in [5, 5.41) is 2.97. The number of methoxy groups -OCH3 is 1. The molecule has 5 heteroatoms. The van der Waals surface area contributed by atoms with Crippen LogP contribution in [0.4, 0.5) is 5.69 Å². The molecule has 0 saturated heterocycles. The monoisotopic (exact) mass is 354 g/mol. The van der Waals surface area contributed by atoms with Gasteiger partial charge >= 0.3 is 0 Å². The second-order valence-corrected chi connectivity index (χ2v) is 6.94. The molecular weight excluding hydrogens is 328 g/mol. The van der Waals surface area contributed by atoms with Crippen LogP contribution in [0.2, 0.25) is 0 Å². The van der Waals surface area contributed by atoms with Gasteiger partial charge in [-0.1, -0.05) is 12.1 Å². The summed E-state index contributed by atoms with van der Waals surface area (Å²) in [4.78, 5) is 14.3. The van der Waals surface area contributed by atoms with Crippen molar-refractivity contribution in [1.29, 1.82) is 0 Å². The number of carbonyl (C=O) groups is 1. The highest BCUT2D eigenvalue weighted by atomic mass is 16.5. The van der Waals surface area contributed by atoms with Gasteiger partial charge in [0.25, 0.3) is 0 Å². The topological polar surface area (TPSA) is 50.8 Å². The minimum absolute atomic E-state index is 0.0146. The number of aryl methyl sites for hydroxylation is 1. The molecule has 1 unspecified atom stereocenters. The predicted molar refractivity (Wildman–Crippen MR) is 103 cm³/mol. The van der Waals surface area contributed by atoms with E-state index in [0.717, 1.165) is 40.4 Å². The molecule has 5 nitrogen and oxygen atoms in total. The van der Waals surface area contributed by atoms with Crippen LogP contribution in [0.5, 0.6) is 11.5 Å². The highest BCUT2D eigenvalue weighted by Crippen LogP contribution is 2.40. The Morgan fingerprint density at radius 3 is 2.77 bits per heavy atom. The first-order valence-corrected chi connectivity index (χ1v) is 8.84. The van der Waals surface area contributed by atoms with Crippen molar-refractivity contribution >= 4 is 11.6 Å². The Labute approximate surface area is 154 Å². The van der Waals surface area contributed by atoms with E-state index >= 15 is 0 Å². The Balaban J connectivity index is 1.90. The highest BCUT2D eigenvalue weighted by Gasteiger charge is 2.27. The zero-order valence-electron chi connectivity index (χ0n) is 15.8. The summed E-state index contributed by atoms with van der Waals surface area (Å²) in [5.74, 6) is 1.65. The number of rotatable bonds is 6. The smallest absolute Gasteiger partial charge is 0.225 e. The lowest BCUT2D eigenvalue weighted by molar-refractivity contribution is -0.116. The van der Waals surface area contributed by atoms with E-state index in [1.165, 1.54) is 0 Å². The Kier molecular flexibility index (Phi) is 5.47. The van der Waals surface area contributed by atoms with Crippen molar-refractivity contribution in [2.75, 3.05) is 39.7 Å². The molecule has 0 aliphatic carbocycles. The molecule has 3 rings (SSSR count). The number of nitrogens with zero attached hydrogens (tertiary/aromatic N) is 1. The second-order valence-electron chi connectivity index (χ2n) is 6.94. The summed E-state index contributed by atoms with van der Waals surface area (Å²) in [6, 6.07) is 12.1. The fraction of sp³-hybridized carbons (Fsp3) is 0.381. The molecule has 26 heavy (non-hydrogen) atoms. The van der Waals surface area contributed by atoms with Gasteiger partial charge < -0.3 is 19.7 Å². The zero-order chi connectivity index (χ0) is 18.7. The van der Waals surface area contributed by atoms with Gasteiger partial charge in [0.05, 0.1) is 7.11 Å². The summed E-state index contributed by atoms with van der Waals surface area (Å²) in [7, 11) is 5.69. The molecule has 1 aliphatic rings. The van der Waals surface area contributed by atoms with Gasteiger partial charge in [-0.25, -0.2) is 0 Å². The third-order valence-electron chi connectivity index (χ3n) is 4.67. The van der Waals surface area contributed by atoms with Crippen LogP contribution in [-0.2, 0) is 4.79 Å². The third-order valence-corrected chi connectivity index (χ3v) is 4.67. The third kappa shape index (κ3) is 3.99. The van der Waals surface area contributed by atoms with E-state index < -0.39 is 0 Å². The van der Waals surface area contributed by atoms with Gasteiger partial charge in [-0.2, -0.15) is 0 Å². The van der Waals surface area contributed by atoms with E-state index in [-0.39, 0.29) is 11.8 Å². The van der Waals surface area contributed by atoms with Crippen LogP contribution in [0.25, 0.3) is 0 Å². The molecule has 1 atom stereocenters. The quantitative estimate of drug-likeness (QED) is 0.864. The van der Waals surface area contributed by atoms with Crippen molar-refractivity contribution in [2.45, 2.75) is 19.3 Å². The summed E-state index contributed by atoms with van der Waals surface area (Å²) in [5.41, 5.74) is 4.10. The van der Waals surface area contributed by atoms with Gasteiger partial charge in [-0.3, -0.25) is 4.79 Å². The first-order chi connectivity index (χ1) is 12.5. The molecule has 0 radical (unpaired) electrons. The van der Waals surface area contributed by atoms with Gasteiger partial charge in [0, 0.05) is 30.6 Å². The van der Waals surface area contributed by atoms with Crippen molar-refractivity contribution in [3.05, 3.63) is 53.1 Å². The van der Waals surface area contributed by atoms with Crippen LogP contribution in [0.1, 0.15) is 29.0 Å². The Morgan fingerprint density at radius 1 is 1.23 bits per heavy atom. The molecule has 0 aromatic heterocycles. The van der Waals surface area contributed by atoms with Crippen LogP contribution in [0.3, 0.4) is 0 Å². The molecule has 138 valence electrons. The van der Waals surface area contributed by atoms with Crippen molar-refractivity contribution < 1.29 is 14.3 Å². The lowest BCUT2D eigenvalue weighted by atomic mass is 9.84. The summed E-state index contributed by atoms with van der Waals surface area (Å²) in [6.07, 6.45) is 0.430. The van der Waals surface area contributed by atoms with Crippen LogP contribution < -0.4 is 14.8 Å².